The molecule has 0 radical (unpaired) electrons. The van der Waals surface area contributed by atoms with Crippen LogP contribution in [0.2, 0.25) is 5.15 Å². The largest absolute Gasteiger partial charge is 0.384 e. The molecule has 0 fully saturated rings. The molecular weight excluding hydrogens is 264 g/mol. The van der Waals surface area contributed by atoms with Gasteiger partial charge in [0, 0.05) is 26.5 Å². The number of hydrogen-bond acceptors (Lipinski definition) is 4. The quantitative estimate of drug-likeness (QED) is 0.797. The fourth-order valence-electron chi connectivity index (χ4n) is 1.20. The summed E-state index contributed by atoms with van der Waals surface area (Å²) in [5.74, 6) is 0.107. The van der Waals surface area contributed by atoms with E-state index in [-0.39, 0.29) is 16.0 Å². The van der Waals surface area contributed by atoms with Gasteiger partial charge in [-0.2, -0.15) is 0 Å². The number of hydrogen-bond donors (Lipinski definition) is 1. The van der Waals surface area contributed by atoms with Crippen molar-refractivity contribution in [1.29, 1.82) is 0 Å². The van der Waals surface area contributed by atoms with Crippen LogP contribution in [0.15, 0.2) is 23.2 Å². The SMILES string of the molecule is COCC(C)CNS(=O)(=O)c1ccc(Cl)nc1. The zero-order valence-electron chi connectivity index (χ0n) is 9.68. The van der Waals surface area contributed by atoms with Gasteiger partial charge >= 0.3 is 0 Å². The first-order chi connectivity index (χ1) is 7.95. The first kappa shape index (κ1) is 14.4. The van der Waals surface area contributed by atoms with Crippen molar-refractivity contribution in [2.75, 3.05) is 20.3 Å². The second-order valence-electron chi connectivity index (χ2n) is 3.73. The Morgan fingerprint density at radius 1 is 1.53 bits per heavy atom. The fraction of sp³-hybridized carbons (Fsp3) is 0.500. The van der Waals surface area contributed by atoms with E-state index < -0.39 is 10.0 Å². The van der Waals surface area contributed by atoms with Crippen LogP contribution in [0.3, 0.4) is 0 Å². The molecule has 1 aromatic heterocycles. The van der Waals surface area contributed by atoms with E-state index in [1.807, 2.05) is 6.92 Å². The van der Waals surface area contributed by atoms with Crippen LogP contribution in [-0.4, -0.2) is 33.7 Å². The van der Waals surface area contributed by atoms with Crippen molar-refractivity contribution < 1.29 is 13.2 Å². The molecule has 0 aromatic carbocycles. The number of nitrogens with zero attached hydrogens (tertiary/aromatic N) is 1. The minimum atomic E-state index is -3.52. The average molecular weight is 279 g/mol. The van der Waals surface area contributed by atoms with E-state index >= 15 is 0 Å². The molecule has 0 saturated heterocycles. The molecule has 1 atom stereocenters. The van der Waals surface area contributed by atoms with Crippen LogP contribution in [-0.2, 0) is 14.8 Å². The van der Waals surface area contributed by atoms with Gasteiger partial charge in [0.15, 0.2) is 0 Å². The Bertz CT molecular complexity index is 447. The van der Waals surface area contributed by atoms with Gasteiger partial charge in [0.25, 0.3) is 0 Å². The van der Waals surface area contributed by atoms with E-state index in [0.717, 1.165) is 0 Å². The van der Waals surface area contributed by atoms with Gasteiger partial charge < -0.3 is 4.74 Å². The van der Waals surface area contributed by atoms with Crippen molar-refractivity contribution in [3.63, 3.8) is 0 Å². The lowest BCUT2D eigenvalue weighted by Crippen LogP contribution is -2.30. The van der Waals surface area contributed by atoms with Crippen LogP contribution in [0.1, 0.15) is 6.92 Å². The van der Waals surface area contributed by atoms with Crippen molar-refractivity contribution in [2.24, 2.45) is 5.92 Å². The van der Waals surface area contributed by atoms with Gasteiger partial charge in [0.1, 0.15) is 10.0 Å². The van der Waals surface area contributed by atoms with Gasteiger partial charge in [-0.3, -0.25) is 0 Å². The number of methoxy groups -OCH3 is 1. The lowest BCUT2D eigenvalue weighted by Gasteiger charge is -2.11. The number of ether oxygens (including phenoxy) is 1. The molecule has 1 N–H and O–H groups in total. The number of nitrogens with one attached hydrogen (secondary N) is 1. The maximum atomic E-state index is 11.8. The molecule has 0 amide bonds. The molecule has 0 aliphatic rings. The Labute approximate surface area is 106 Å². The summed E-state index contributed by atoms with van der Waals surface area (Å²) in [7, 11) is -1.94. The van der Waals surface area contributed by atoms with E-state index in [0.29, 0.717) is 13.2 Å². The Morgan fingerprint density at radius 2 is 2.24 bits per heavy atom. The third-order valence-electron chi connectivity index (χ3n) is 2.08. The third kappa shape index (κ3) is 4.59. The van der Waals surface area contributed by atoms with Gasteiger partial charge in [-0.05, 0) is 18.1 Å². The highest BCUT2D eigenvalue weighted by Gasteiger charge is 2.15. The number of sulfonamides is 1. The minimum Gasteiger partial charge on any atom is -0.384 e. The number of halogens is 1. The minimum absolute atomic E-state index is 0.103. The highest BCUT2D eigenvalue weighted by molar-refractivity contribution is 7.89. The monoisotopic (exact) mass is 278 g/mol. The molecule has 0 aliphatic heterocycles. The van der Waals surface area contributed by atoms with Crippen molar-refractivity contribution in [3.8, 4) is 0 Å². The molecule has 0 aliphatic carbocycles. The summed E-state index contributed by atoms with van der Waals surface area (Å²) in [5, 5.41) is 0.261. The number of pyridine rings is 1. The number of aromatic nitrogens is 1. The van der Waals surface area contributed by atoms with Crippen LogP contribution in [0.4, 0.5) is 0 Å². The van der Waals surface area contributed by atoms with E-state index in [9.17, 15) is 8.42 Å². The smallest absolute Gasteiger partial charge is 0.242 e. The van der Waals surface area contributed by atoms with Crippen molar-refractivity contribution in [1.82, 2.24) is 9.71 Å². The molecule has 5 nitrogen and oxygen atoms in total. The first-order valence-corrected chi connectivity index (χ1v) is 6.92. The molecule has 0 spiro atoms. The molecule has 1 aromatic rings. The summed E-state index contributed by atoms with van der Waals surface area (Å²) in [5.41, 5.74) is 0. The first-order valence-electron chi connectivity index (χ1n) is 5.06. The molecule has 96 valence electrons. The lowest BCUT2D eigenvalue weighted by molar-refractivity contribution is 0.161. The van der Waals surface area contributed by atoms with E-state index in [1.54, 1.807) is 7.11 Å². The van der Waals surface area contributed by atoms with Crippen LogP contribution < -0.4 is 4.72 Å². The molecule has 1 unspecified atom stereocenters. The van der Waals surface area contributed by atoms with Crippen LogP contribution in [0.25, 0.3) is 0 Å². The molecule has 7 heteroatoms. The zero-order chi connectivity index (χ0) is 12.9. The fourth-order valence-corrected chi connectivity index (χ4v) is 2.42. The second-order valence-corrected chi connectivity index (χ2v) is 5.88. The van der Waals surface area contributed by atoms with Gasteiger partial charge in [-0.1, -0.05) is 18.5 Å². The maximum absolute atomic E-state index is 11.8. The standard InChI is InChI=1S/C10H15ClN2O3S/c1-8(7-16-2)5-13-17(14,15)9-3-4-10(11)12-6-9/h3-4,6,8,13H,5,7H2,1-2H3. The third-order valence-corrected chi connectivity index (χ3v) is 3.72. The van der Waals surface area contributed by atoms with Crippen LogP contribution in [0.5, 0.6) is 0 Å². The number of rotatable bonds is 6. The Morgan fingerprint density at radius 3 is 2.76 bits per heavy atom. The van der Waals surface area contributed by atoms with Crippen LogP contribution >= 0.6 is 11.6 Å². The predicted octanol–water partition coefficient (Wildman–Crippen LogP) is 1.30. The lowest BCUT2D eigenvalue weighted by atomic mass is 10.2. The summed E-state index contributed by atoms with van der Waals surface area (Å²) in [4.78, 5) is 3.83. The predicted molar refractivity (Wildman–Crippen MR) is 65.5 cm³/mol. The van der Waals surface area contributed by atoms with Crippen molar-refractivity contribution >= 4 is 21.6 Å². The maximum Gasteiger partial charge on any atom is 0.242 e. The van der Waals surface area contributed by atoms with Gasteiger partial charge in [0.05, 0.1) is 0 Å². The van der Waals surface area contributed by atoms with Crippen LogP contribution in [0, 0.1) is 5.92 Å². The van der Waals surface area contributed by atoms with Gasteiger partial charge in [-0.25, -0.2) is 18.1 Å². The highest BCUT2D eigenvalue weighted by atomic mass is 35.5. The summed E-state index contributed by atoms with van der Waals surface area (Å²) in [6.07, 6.45) is 1.23. The Kier molecular flexibility index (Phi) is 5.32. The zero-order valence-corrected chi connectivity index (χ0v) is 11.3. The molecule has 0 saturated carbocycles. The van der Waals surface area contributed by atoms with Gasteiger partial charge in [0.2, 0.25) is 10.0 Å². The summed E-state index contributed by atoms with van der Waals surface area (Å²) < 4.78 is 31.0. The Hall–Kier alpha value is -0.690. The topological polar surface area (TPSA) is 68.3 Å². The summed E-state index contributed by atoms with van der Waals surface area (Å²) in [6, 6.07) is 2.85. The second kappa shape index (κ2) is 6.30. The molecule has 0 bridgehead atoms. The highest BCUT2D eigenvalue weighted by Crippen LogP contribution is 2.10. The summed E-state index contributed by atoms with van der Waals surface area (Å²) in [6.45, 7) is 2.71. The Balaban J connectivity index is 2.66. The van der Waals surface area contributed by atoms with E-state index in [1.165, 1.54) is 18.3 Å². The van der Waals surface area contributed by atoms with Crippen molar-refractivity contribution in [2.45, 2.75) is 11.8 Å². The van der Waals surface area contributed by atoms with E-state index in [2.05, 4.69) is 9.71 Å². The molecule has 17 heavy (non-hydrogen) atoms. The average Bonchev–Trinajstić information content (AvgIpc) is 2.28. The summed E-state index contributed by atoms with van der Waals surface area (Å²) >= 11 is 5.59. The van der Waals surface area contributed by atoms with Gasteiger partial charge in [-0.15, -0.1) is 0 Å². The van der Waals surface area contributed by atoms with Crippen molar-refractivity contribution in [3.05, 3.63) is 23.5 Å². The molecular formula is C10H15ClN2O3S. The van der Waals surface area contributed by atoms with E-state index in [4.69, 9.17) is 16.3 Å². The normalized spacial score (nSPS) is 13.6. The molecule has 1 heterocycles. The molecule has 1 rings (SSSR count).